The Morgan fingerprint density at radius 3 is 2.68 bits per heavy atom. The summed E-state index contributed by atoms with van der Waals surface area (Å²) in [6.45, 7) is 2.85. The van der Waals surface area contributed by atoms with Crippen LogP contribution in [0.15, 0.2) is 53.4 Å². The third-order valence-corrected chi connectivity index (χ3v) is 5.93. The number of carbonyl (C=O) groups excluding carboxylic acids is 1. The summed E-state index contributed by atoms with van der Waals surface area (Å²) in [6.07, 6.45) is 1.47. The maximum absolute atomic E-state index is 11.8. The summed E-state index contributed by atoms with van der Waals surface area (Å²) < 4.78 is 0. The first-order valence-electron chi connectivity index (χ1n) is 8.42. The maximum Gasteiger partial charge on any atom is 0.220 e. The molecule has 0 aromatic heterocycles. The van der Waals surface area contributed by atoms with Crippen LogP contribution in [0.4, 0.5) is 0 Å². The van der Waals surface area contributed by atoms with Crippen molar-refractivity contribution >= 4 is 41.0 Å². The molecule has 0 fully saturated rings. The van der Waals surface area contributed by atoms with Crippen molar-refractivity contribution in [1.29, 1.82) is 0 Å². The van der Waals surface area contributed by atoms with Gasteiger partial charge in [-0.25, -0.2) is 0 Å². The standard InChI is InChI=1S/C20H24ClNOS2/c1-16-4-2-5-17(14-16)15-24-13-11-22-20(23)6-3-12-25-19-9-7-18(21)8-10-19/h2,4-5,7-10,14H,3,6,11-13,15H2,1H3,(H,22,23). The zero-order valence-electron chi connectivity index (χ0n) is 14.5. The lowest BCUT2D eigenvalue weighted by atomic mass is 10.2. The number of benzene rings is 2. The van der Waals surface area contributed by atoms with Gasteiger partial charge in [0.1, 0.15) is 0 Å². The Morgan fingerprint density at radius 2 is 1.92 bits per heavy atom. The topological polar surface area (TPSA) is 29.1 Å². The van der Waals surface area contributed by atoms with E-state index in [1.165, 1.54) is 16.0 Å². The number of hydrogen-bond donors (Lipinski definition) is 1. The average Bonchev–Trinajstić information content (AvgIpc) is 2.60. The molecule has 2 aromatic rings. The number of carbonyl (C=O) groups is 1. The number of aryl methyl sites for hydroxylation is 1. The fraction of sp³-hybridized carbons (Fsp3) is 0.350. The Bertz CT molecular complexity index is 661. The fourth-order valence-corrected chi connectivity index (χ4v) is 4.08. The van der Waals surface area contributed by atoms with Gasteiger partial charge in [-0.2, -0.15) is 11.8 Å². The molecular formula is C20H24ClNOS2. The number of rotatable bonds is 10. The highest BCUT2D eigenvalue weighted by Crippen LogP contribution is 2.21. The van der Waals surface area contributed by atoms with Crippen LogP contribution in [0.2, 0.25) is 5.02 Å². The van der Waals surface area contributed by atoms with Gasteiger partial charge in [-0.05, 0) is 48.9 Å². The van der Waals surface area contributed by atoms with Crippen molar-refractivity contribution in [3.05, 3.63) is 64.7 Å². The molecule has 0 radical (unpaired) electrons. The molecule has 0 aliphatic heterocycles. The summed E-state index contributed by atoms with van der Waals surface area (Å²) in [5, 5.41) is 3.75. The average molecular weight is 394 g/mol. The molecule has 2 aromatic carbocycles. The highest BCUT2D eigenvalue weighted by Gasteiger charge is 2.02. The van der Waals surface area contributed by atoms with Crippen molar-refractivity contribution in [2.45, 2.75) is 30.4 Å². The van der Waals surface area contributed by atoms with Crippen LogP contribution in [0.5, 0.6) is 0 Å². The highest BCUT2D eigenvalue weighted by atomic mass is 35.5. The van der Waals surface area contributed by atoms with E-state index in [-0.39, 0.29) is 5.91 Å². The molecule has 0 unspecified atom stereocenters. The molecule has 0 aliphatic carbocycles. The van der Waals surface area contributed by atoms with Crippen LogP contribution in [-0.4, -0.2) is 24.0 Å². The van der Waals surface area contributed by atoms with Gasteiger partial charge in [0, 0.05) is 34.4 Å². The summed E-state index contributed by atoms with van der Waals surface area (Å²) in [5.41, 5.74) is 2.64. The van der Waals surface area contributed by atoms with Gasteiger partial charge in [-0.1, -0.05) is 41.4 Å². The molecule has 1 N–H and O–H groups in total. The van der Waals surface area contributed by atoms with E-state index in [9.17, 15) is 4.79 Å². The third-order valence-electron chi connectivity index (χ3n) is 3.55. The van der Waals surface area contributed by atoms with Crippen LogP contribution in [-0.2, 0) is 10.5 Å². The Labute approximate surface area is 164 Å². The van der Waals surface area contributed by atoms with E-state index < -0.39 is 0 Å². The lowest BCUT2D eigenvalue weighted by Gasteiger charge is -2.06. The smallest absolute Gasteiger partial charge is 0.220 e. The van der Waals surface area contributed by atoms with Crippen molar-refractivity contribution in [2.24, 2.45) is 0 Å². The minimum absolute atomic E-state index is 0.146. The van der Waals surface area contributed by atoms with Crippen molar-refractivity contribution < 1.29 is 4.79 Å². The van der Waals surface area contributed by atoms with E-state index in [1.54, 1.807) is 11.8 Å². The molecular weight excluding hydrogens is 370 g/mol. The zero-order valence-corrected chi connectivity index (χ0v) is 16.9. The Kier molecular flexibility index (Phi) is 9.30. The summed E-state index contributed by atoms with van der Waals surface area (Å²) in [6, 6.07) is 16.4. The van der Waals surface area contributed by atoms with Crippen LogP contribution >= 0.6 is 35.1 Å². The number of nitrogens with one attached hydrogen (secondary N) is 1. The summed E-state index contributed by atoms with van der Waals surface area (Å²) in [4.78, 5) is 13.0. The molecule has 2 rings (SSSR count). The zero-order chi connectivity index (χ0) is 17.9. The lowest BCUT2D eigenvalue weighted by molar-refractivity contribution is -0.120. The van der Waals surface area contributed by atoms with Crippen molar-refractivity contribution in [1.82, 2.24) is 5.32 Å². The molecule has 0 aliphatic rings. The molecule has 0 saturated carbocycles. The number of hydrogen-bond acceptors (Lipinski definition) is 3. The highest BCUT2D eigenvalue weighted by molar-refractivity contribution is 7.99. The first-order valence-corrected chi connectivity index (χ1v) is 10.9. The van der Waals surface area contributed by atoms with Crippen LogP contribution in [0.25, 0.3) is 0 Å². The second kappa shape index (κ2) is 11.5. The SMILES string of the molecule is Cc1cccc(CSCCNC(=O)CCCSc2ccc(Cl)cc2)c1. The monoisotopic (exact) mass is 393 g/mol. The van der Waals surface area contributed by atoms with E-state index in [0.29, 0.717) is 6.42 Å². The van der Waals surface area contributed by atoms with Gasteiger partial charge in [0.15, 0.2) is 0 Å². The predicted octanol–water partition coefficient (Wildman–Crippen LogP) is 5.57. The molecule has 2 nitrogen and oxygen atoms in total. The quantitative estimate of drug-likeness (QED) is 0.422. The molecule has 5 heteroatoms. The van der Waals surface area contributed by atoms with Gasteiger partial charge < -0.3 is 5.32 Å². The predicted molar refractivity (Wildman–Crippen MR) is 112 cm³/mol. The summed E-state index contributed by atoms with van der Waals surface area (Å²) >= 11 is 9.48. The van der Waals surface area contributed by atoms with Gasteiger partial charge in [0.25, 0.3) is 0 Å². The van der Waals surface area contributed by atoms with E-state index in [1.807, 2.05) is 36.0 Å². The molecule has 0 spiro atoms. The third kappa shape index (κ3) is 8.70. The van der Waals surface area contributed by atoms with Crippen molar-refractivity contribution in [3.8, 4) is 0 Å². The molecule has 1 amide bonds. The normalized spacial score (nSPS) is 10.6. The van der Waals surface area contributed by atoms with Gasteiger partial charge in [-0.15, -0.1) is 11.8 Å². The van der Waals surface area contributed by atoms with Gasteiger partial charge in [0.2, 0.25) is 5.91 Å². The lowest BCUT2D eigenvalue weighted by Crippen LogP contribution is -2.25. The van der Waals surface area contributed by atoms with Crippen LogP contribution in [0.3, 0.4) is 0 Å². The van der Waals surface area contributed by atoms with Gasteiger partial charge in [0.05, 0.1) is 0 Å². The molecule has 0 atom stereocenters. The van der Waals surface area contributed by atoms with Crippen LogP contribution in [0, 0.1) is 6.92 Å². The molecule has 0 saturated heterocycles. The number of halogens is 1. The van der Waals surface area contributed by atoms with Crippen molar-refractivity contribution in [2.75, 3.05) is 18.1 Å². The van der Waals surface area contributed by atoms with E-state index in [2.05, 4.69) is 36.5 Å². The first-order chi connectivity index (χ1) is 12.1. The minimum atomic E-state index is 0.146. The van der Waals surface area contributed by atoms with Gasteiger partial charge in [-0.3, -0.25) is 4.79 Å². The van der Waals surface area contributed by atoms with E-state index in [0.717, 1.165) is 35.2 Å². The fourth-order valence-electron chi connectivity index (χ4n) is 2.30. The molecule has 0 bridgehead atoms. The van der Waals surface area contributed by atoms with Crippen molar-refractivity contribution in [3.63, 3.8) is 0 Å². The maximum atomic E-state index is 11.8. The summed E-state index contributed by atoms with van der Waals surface area (Å²) in [7, 11) is 0. The molecule has 25 heavy (non-hydrogen) atoms. The van der Waals surface area contributed by atoms with Crippen LogP contribution in [0.1, 0.15) is 24.0 Å². The van der Waals surface area contributed by atoms with Gasteiger partial charge >= 0.3 is 0 Å². The Balaban J connectivity index is 1.49. The van der Waals surface area contributed by atoms with E-state index >= 15 is 0 Å². The van der Waals surface area contributed by atoms with Crippen LogP contribution < -0.4 is 5.32 Å². The Morgan fingerprint density at radius 1 is 1.12 bits per heavy atom. The summed E-state index contributed by atoms with van der Waals surface area (Å²) in [5.74, 6) is 3.03. The Hall–Kier alpha value is -1.10. The largest absolute Gasteiger partial charge is 0.355 e. The molecule has 0 heterocycles. The molecule has 134 valence electrons. The minimum Gasteiger partial charge on any atom is -0.355 e. The number of thioether (sulfide) groups is 2. The van der Waals surface area contributed by atoms with E-state index in [4.69, 9.17) is 11.6 Å². The number of amides is 1. The second-order valence-electron chi connectivity index (χ2n) is 5.80. The first kappa shape index (κ1) is 20.2. The second-order valence-corrected chi connectivity index (χ2v) is 8.51.